The maximum absolute atomic E-state index is 12.5. The van der Waals surface area contributed by atoms with Gasteiger partial charge >= 0.3 is 5.97 Å². The van der Waals surface area contributed by atoms with Crippen LogP contribution in [0.15, 0.2) is 12.2 Å². The molecule has 0 aromatic rings. The summed E-state index contributed by atoms with van der Waals surface area (Å²) in [6.45, 7) is 4.97. The first-order valence-electron chi connectivity index (χ1n) is 30.4. The highest BCUT2D eigenvalue weighted by Gasteiger charge is 2.20. The predicted molar refractivity (Wildman–Crippen MR) is 292 cm³/mol. The first kappa shape index (κ1) is 65.6. The van der Waals surface area contributed by atoms with E-state index in [4.69, 9.17) is 4.74 Å². The van der Waals surface area contributed by atoms with E-state index >= 15 is 0 Å². The minimum absolute atomic E-state index is 0.00624. The van der Waals surface area contributed by atoms with E-state index in [0.29, 0.717) is 25.9 Å². The maximum atomic E-state index is 12.5. The topological polar surface area (TPSA) is 95.9 Å². The van der Waals surface area contributed by atoms with Crippen LogP contribution in [0.5, 0.6) is 0 Å². The Morgan fingerprint density at radius 1 is 0.403 bits per heavy atom. The molecule has 2 unspecified atom stereocenters. The van der Waals surface area contributed by atoms with Gasteiger partial charge in [0.2, 0.25) is 5.91 Å². The minimum atomic E-state index is -0.670. The third-order valence-electron chi connectivity index (χ3n) is 14.3. The number of ether oxygens (including phenoxy) is 1. The van der Waals surface area contributed by atoms with Gasteiger partial charge in [-0.15, -0.1) is 0 Å². The molecule has 0 aliphatic heterocycles. The van der Waals surface area contributed by atoms with Gasteiger partial charge in [0.15, 0.2) is 0 Å². The monoisotopic (exact) mass is 946 g/mol. The largest absolute Gasteiger partial charge is 0.466 e. The highest BCUT2D eigenvalue weighted by Crippen LogP contribution is 2.18. The van der Waals surface area contributed by atoms with E-state index in [1.807, 2.05) is 0 Å². The molecule has 67 heavy (non-hydrogen) atoms. The molecule has 1 amide bonds. The number of aliphatic hydroxyl groups excluding tert-OH is 2. The molecular weight excluding hydrogens is 827 g/mol. The van der Waals surface area contributed by atoms with Crippen molar-refractivity contribution in [2.24, 2.45) is 0 Å². The lowest BCUT2D eigenvalue weighted by Crippen LogP contribution is -2.45. The summed E-state index contributed by atoms with van der Waals surface area (Å²) >= 11 is 0. The van der Waals surface area contributed by atoms with Crippen molar-refractivity contribution >= 4 is 11.9 Å². The van der Waals surface area contributed by atoms with Crippen LogP contribution in [0.2, 0.25) is 0 Å². The van der Waals surface area contributed by atoms with Crippen molar-refractivity contribution in [1.29, 1.82) is 0 Å². The van der Waals surface area contributed by atoms with Gasteiger partial charge in [-0.1, -0.05) is 289 Å². The zero-order valence-electron chi connectivity index (χ0n) is 45.4. The fourth-order valence-corrected chi connectivity index (χ4v) is 9.64. The van der Waals surface area contributed by atoms with Crippen LogP contribution in [0.4, 0.5) is 0 Å². The number of allylic oxidation sites excluding steroid dienone is 2. The molecule has 0 heterocycles. The number of aliphatic hydroxyl groups is 2. The second-order valence-electron chi connectivity index (χ2n) is 21.0. The summed E-state index contributed by atoms with van der Waals surface area (Å²) in [5.41, 5.74) is 0. The van der Waals surface area contributed by atoms with E-state index in [1.165, 1.54) is 270 Å². The van der Waals surface area contributed by atoms with Crippen LogP contribution < -0.4 is 5.32 Å². The second-order valence-corrected chi connectivity index (χ2v) is 21.0. The van der Waals surface area contributed by atoms with Crippen molar-refractivity contribution in [3.63, 3.8) is 0 Å². The summed E-state index contributed by atoms with van der Waals surface area (Å²) < 4.78 is 5.47. The van der Waals surface area contributed by atoms with Gasteiger partial charge in [0.1, 0.15) is 0 Å². The number of unbranched alkanes of at least 4 members (excludes halogenated alkanes) is 44. The second kappa shape index (κ2) is 57.2. The number of carbonyl (C=O) groups is 2. The first-order valence-corrected chi connectivity index (χ1v) is 30.4. The van der Waals surface area contributed by atoms with E-state index in [9.17, 15) is 19.8 Å². The van der Waals surface area contributed by atoms with Crippen LogP contribution in [-0.4, -0.2) is 47.4 Å². The smallest absolute Gasteiger partial charge is 0.305 e. The molecular formula is C61H119NO5. The van der Waals surface area contributed by atoms with Crippen molar-refractivity contribution in [2.45, 2.75) is 353 Å². The Morgan fingerprint density at radius 3 is 1.06 bits per heavy atom. The van der Waals surface area contributed by atoms with Gasteiger partial charge in [-0.3, -0.25) is 9.59 Å². The molecule has 0 fully saturated rings. The lowest BCUT2D eigenvalue weighted by Gasteiger charge is -2.22. The number of carbonyl (C=O) groups excluding carboxylic acids is 2. The lowest BCUT2D eigenvalue weighted by atomic mass is 10.0. The Balaban J connectivity index is 3.43. The molecule has 6 nitrogen and oxygen atoms in total. The normalized spacial score (nSPS) is 12.6. The summed E-state index contributed by atoms with van der Waals surface area (Å²) in [5.74, 6) is -0.0352. The van der Waals surface area contributed by atoms with Gasteiger partial charge in [0.25, 0.3) is 0 Å². The Morgan fingerprint density at radius 2 is 0.701 bits per heavy atom. The summed E-state index contributed by atoms with van der Waals surface area (Å²) in [5, 5.41) is 23.3. The van der Waals surface area contributed by atoms with Gasteiger partial charge in [0.05, 0.1) is 25.4 Å². The lowest BCUT2D eigenvalue weighted by molar-refractivity contribution is -0.143. The van der Waals surface area contributed by atoms with E-state index in [2.05, 4.69) is 31.3 Å². The zero-order valence-corrected chi connectivity index (χ0v) is 45.4. The average Bonchev–Trinajstić information content (AvgIpc) is 3.33. The molecule has 0 radical (unpaired) electrons. The van der Waals surface area contributed by atoms with E-state index in [0.717, 1.165) is 38.5 Å². The number of hydrogen-bond donors (Lipinski definition) is 3. The van der Waals surface area contributed by atoms with Gasteiger partial charge in [-0.25, -0.2) is 0 Å². The number of rotatable bonds is 57. The van der Waals surface area contributed by atoms with Crippen molar-refractivity contribution < 1.29 is 24.5 Å². The summed E-state index contributed by atoms with van der Waals surface area (Å²) in [4.78, 5) is 24.5. The minimum Gasteiger partial charge on any atom is -0.466 e. The summed E-state index contributed by atoms with van der Waals surface area (Å²) in [6, 6.07) is -0.548. The quantitative estimate of drug-likeness (QED) is 0.0321. The highest BCUT2D eigenvalue weighted by atomic mass is 16.5. The van der Waals surface area contributed by atoms with Gasteiger partial charge in [0, 0.05) is 12.8 Å². The molecule has 0 aliphatic carbocycles. The Labute approximate surface area is 419 Å². The number of amides is 1. The maximum Gasteiger partial charge on any atom is 0.305 e. The number of nitrogens with one attached hydrogen (secondary N) is 1. The van der Waals surface area contributed by atoms with Gasteiger partial charge in [-0.05, 0) is 51.4 Å². The van der Waals surface area contributed by atoms with Crippen molar-refractivity contribution in [2.75, 3.05) is 13.2 Å². The SMILES string of the molecule is CCCCCCCCCCCCCCCCCCCCC(O)C(CO)NC(=O)CCCCCCCCC/C=C\CCCCCCCCCCOC(=O)CCCCCCCCCCCCCCC. The summed E-state index contributed by atoms with van der Waals surface area (Å²) in [7, 11) is 0. The standard InChI is InChI=1S/C61H119NO5/c1-3-5-7-9-11-13-15-17-18-19-23-26-30-33-37-41-45-49-53-59(64)58(57-63)62-60(65)54-50-46-42-38-34-31-27-24-21-20-22-25-28-32-36-40-44-48-52-56-67-61(66)55-51-47-43-39-35-29-16-14-12-10-8-6-4-2/h20-21,58-59,63-64H,3-19,22-57H2,1-2H3,(H,62,65)/b21-20-. The molecule has 3 N–H and O–H groups in total. The zero-order chi connectivity index (χ0) is 48.6. The van der Waals surface area contributed by atoms with Crippen LogP contribution >= 0.6 is 0 Å². The van der Waals surface area contributed by atoms with E-state index in [1.54, 1.807) is 0 Å². The highest BCUT2D eigenvalue weighted by molar-refractivity contribution is 5.76. The first-order chi connectivity index (χ1) is 33.0. The van der Waals surface area contributed by atoms with Crippen molar-refractivity contribution in [3.05, 3.63) is 12.2 Å². The molecule has 0 bridgehead atoms. The third-order valence-corrected chi connectivity index (χ3v) is 14.3. The molecule has 0 aliphatic rings. The van der Waals surface area contributed by atoms with Crippen LogP contribution in [0.25, 0.3) is 0 Å². The van der Waals surface area contributed by atoms with E-state index in [-0.39, 0.29) is 18.5 Å². The summed E-state index contributed by atoms with van der Waals surface area (Å²) in [6.07, 6.45) is 67.8. The van der Waals surface area contributed by atoms with Crippen molar-refractivity contribution in [3.8, 4) is 0 Å². The van der Waals surface area contributed by atoms with Crippen LogP contribution in [0, 0.1) is 0 Å². The molecule has 0 aromatic carbocycles. The van der Waals surface area contributed by atoms with Crippen LogP contribution in [0.3, 0.4) is 0 Å². The molecule has 0 aromatic heterocycles. The van der Waals surface area contributed by atoms with Gasteiger partial charge < -0.3 is 20.3 Å². The molecule has 0 spiro atoms. The fourth-order valence-electron chi connectivity index (χ4n) is 9.64. The Hall–Kier alpha value is -1.40. The molecule has 0 rings (SSSR count). The Kier molecular flexibility index (Phi) is 56.0. The van der Waals surface area contributed by atoms with Gasteiger partial charge in [-0.2, -0.15) is 0 Å². The van der Waals surface area contributed by atoms with E-state index < -0.39 is 12.1 Å². The van der Waals surface area contributed by atoms with Crippen LogP contribution in [-0.2, 0) is 14.3 Å². The fraction of sp³-hybridized carbons (Fsp3) is 0.934. The molecule has 0 saturated carbocycles. The Bertz CT molecular complexity index is 1000. The average molecular weight is 947 g/mol. The molecule has 6 heteroatoms. The third kappa shape index (κ3) is 53.8. The predicted octanol–water partition coefficient (Wildman–Crippen LogP) is 18.9. The number of hydrogen-bond acceptors (Lipinski definition) is 5. The number of esters is 1. The molecule has 2 atom stereocenters. The van der Waals surface area contributed by atoms with Crippen molar-refractivity contribution in [1.82, 2.24) is 5.32 Å². The molecule has 0 saturated heterocycles. The molecule has 398 valence electrons. The van der Waals surface area contributed by atoms with Crippen LogP contribution in [0.1, 0.15) is 341 Å².